The fourth-order valence-electron chi connectivity index (χ4n) is 1.53. The van der Waals surface area contributed by atoms with Gasteiger partial charge in [0.1, 0.15) is 5.69 Å². The lowest BCUT2D eigenvalue weighted by atomic mass is 10.3. The molecule has 1 heterocycles. The summed E-state index contributed by atoms with van der Waals surface area (Å²) in [5.41, 5.74) is 0.547. The second-order valence-corrected chi connectivity index (χ2v) is 4.01. The summed E-state index contributed by atoms with van der Waals surface area (Å²) in [6, 6.07) is 8.47. The molecular formula is C13H11N3O5. The smallest absolute Gasteiger partial charge is 0.355 e. The van der Waals surface area contributed by atoms with Crippen molar-refractivity contribution in [2.45, 2.75) is 0 Å². The van der Waals surface area contributed by atoms with Crippen LogP contribution in [0.3, 0.4) is 0 Å². The standard InChI is InChI=1S/C13H11N3O5/c17-12(8-21-13(18)11-2-1-7-14-11)15-9-3-5-10(6-4-9)16(19)20/h1-7,14H,8H2,(H,15,17). The first-order valence-corrected chi connectivity index (χ1v) is 5.91. The summed E-state index contributed by atoms with van der Waals surface area (Å²) in [7, 11) is 0. The maximum atomic E-state index is 11.6. The van der Waals surface area contributed by atoms with Gasteiger partial charge in [-0.15, -0.1) is 0 Å². The lowest BCUT2D eigenvalue weighted by Crippen LogP contribution is -2.21. The van der Waals surface area contributed by atoms with Crippen molar-refractivity contribution in [2.24, 2.45) is 0 Å². The molecule has 0 saturated heterocycles. The molecule has 2 N–H and O–H groups in total. The Morgan fingerprint density at radius 1 is 1.24 bits per heavy atom. The van der Waals surface area contributed by atoms with E-state index in [0.29, 0.717) is 5.69 Å². The zero-order chi connectivity index (χ0) is 15.2. The average molecular weight is 289 g/mol. The number of hydrogen-bond acceptors (Lipinski definition) is 5. The molecule has 0 atom stereocenters. The number of nitrogens with one attached hydrogen (secondary N) is 2. The van der Waals surface area contributed by atoms with Crippen LogP contribution in [0.4, 0.5) is 11.4 Å². The van der Waals surface area contributed by atoms with Gasteiger partial charge in [0.15, 0.2) is 6.61 Å². The second kappa shape index (κ2) is 6.33. The molecule has 8 nitrogen and oxygen atoms in total. The van der Waals surface area contributed by atoms with E-state index in [0.717, 1.165) is 0 Å². The Bertz CT molecular complexity index is 649. The molecule has 0 aliphatic rings. The number of nitro benzene ring substituents is 1. The number of H-pyrrole nitrogens is 1. The number of carbonyl (C=O) groups excluding carboxylic acids is 2. The molecule has 0 spiro atoms. The van der Waals surface area contributed by atoms with E-state index in [1.165, 1.54) is 30.3 Å². The third kappa shape index (κ3) is 3.90. The van der Waals surface area contributed by atoms with Crippen LogP contribution in [0.2, 0.25) is 0 Å². The van der Waals surface area contributed by atoms with E-state index in [2.05, 4.69) is 10.3 Å². The number of non-ortho nitro benzene ring substituents is 1. The van der Waals surface area contributed by atoms with Crippen molar-refractivity contribution in [1.29, 1.82) is 0 Å². The first-order chi connectivity index (χ1) is 10.1. The Morgan fingerprint density at radius 2 is 1.95 bits per heavy atom. The molecule has 0 saturated carbocycles. The van der Waals surface area contributed by atoms with Gasteiger partial charge in [-0.1, -0.05) is 0 Å². The van der Waals surface area contributed by atoms with E-state index in [1.54, 1.807) is 12.3 Å². The van der Waals surface area contributed by atoms with Gasteiger partial charge < -0.3 is 15.0 Å². The first kappa shape index (κ1) is 14.3. The highest BCUT2D eigenvalue weighted by Gasteiger charge is 2.11. The Kier molecular flexibility index (Phi) is 4.30. The van der Waals surface area contributed by atoms with E-state index in [-0.39, 0.29) is 11.4 Å². The third-order valence-corrected chi connectivity index (χ3v) is 2.51. The van der Waals surface area contributed by atoms with Crippen LogP contribution in [0.1, 0.15) is 10.5 Å². The van der Waals surface area contributed by atoms with Crippen LogP contribution >= 0.6 is 0 Å². The molecule has 1 aromatic heterocycles. The predicted octanol–water partition coefficient (Wildman–Crippen LogP) is 1.72. The van der Waals surface area contributed by atoms with Crippen molar-refractivity contribution in [2.75, 3.05) is 11.9 Å². The van der Waals surface area contributed by atoms with E-state index in [1.807, 2.05) is 0 Å². The van der Waals surface area contributed by atoms with Gasteiger partial charge in [-0.25, -0.2) is 4.79 Å². The third-order valence-electron chi connectivity index (χ3n) is 2.51. The number of ether oxygens (including phenoxy) is 1. The van der Waals surface area contributed by atoms with Gasteiger partial charge >= 0.3 is 5.97 Å². The van der Waals surface area contributed by atoms with E-state index in [4.69, 9.17) is 4.74 Å². The number of esters is 1. The molecule has 2 aromatic rings. The number of aromatic amines is 1. The number of nitro groups is 1. The van der Waals surface area contributed by atoms with Crippen molar-refractivity contribution in [1.82, 2.24) is 4.98 Å². The van der Waals surface area contributed by atoms with Gasteiger partial charge in [-0.2, -0.15) is 0 Å². The van der Waals surface area contributed by atoms with E-state index >= 15 is 0 Å². The van der Waals surface area contributed by atoms with Gasteiger partial charge in [0.25, 0.3) is 11.6 Å². The molecule has 0 fully saturated rings. The summed E-state index contributed by atoms with van der Waals surface area (Å²) in [6.07, 6.45) is 1.56. The maximum Gasteiger partial charge on any atom is 0.355 e. The Labute approximate surface area is 118 Å². The highest BCUT2D eigenvalue weighted by Crippen LogP contribution is 2.15. The highest BCUT2D eigenvalue weighted by atomic mass is 16.6. The molecule has 0 unspecified atom stereocenters. The molecular weight excluding hydrogens is 278 g/mol. The van der Waals surface area contributed by atoms with Gasteiger partial charge in [-0.05, 0) is 24.3 Å². The zero-order valence-electron chi connectivity index (χ0n) is 10.7. The predicted molar refractivity (Wildman–Crippen MR) is 72.8 cm³/mol. The highest BCUT2D eigenvalue weighted by molar-refractivity contribution is 5.94. The summed E-state index contributed by atoms with van der Waals surface area (Å²) in [4.78, 5) is 35.6. The number of carbonyl (C=O) groups is 2. The van der Waals surface area contributed by atoms with Crippen LogP contribution in [-0.4, -0.2) is 28.4 Å². The van der Waals surface area contributed by atoms with E-state index in [9.17, 15) is 19.7 Å². The molecule has 1 aromatic carbocycles. The minimum Gasteiger partial charge on any atom is -0.451 e. The van der Waals surface area contributed by atoms with Gasteiger partial charge in [0, 0.05) is 24.0 Å². The van der Waals surface area contributed by atoms with Crippen molar-refractivity contribution >= 4 is 23.3 Å². The normalized spacial score (nSPS) is 9.90. The van der Waals surface area contributed by atoms with Crippen molar-refractivity contribution < 1.29 is 19.2 Å². The van der Waals surface area contributed by atoms with Crippen LogP contribution in [0.15, 0.2) is 42.6 Å². The number of rotatable bonds is 5. The second-order valence-electron chi connectivity index (χ2n) is 4.01. The number of benzene rings is 1. The number of aromatic nitrogens is 1. The largest absolute Gasteiger partial charge is 0.451 e. The fraction of sp³-hybridized carbons (Fsp3) is 0.0769. The van der Waals surface area contributed by atoms with Crippen molar-refractivity contribution in [3.63, 3.8) is 0 Å². The summed E-state index contributed by atoms with van der Waals surface area (Å²) < 4.78 is 4.79. The van der Waals surface area contributed by atoms with Crippen LogP contribution in [0.5, 0.6) is 0 Å². The monoisotopic (exact) mass is 289 g/mol. The molecule has 0 aliphatic carbocycles. The van der Waals surface area contributed by atoms with Crippen molar-refractivity contribution in [3.8, 4) is 0 Å². The summed E-state index contributed by atoms with van der Waals surface area (Å²) >= 11 is 0. The lowest BCUT2D eigenvalue weighted by Gasteiger charge is -2.05. The Morgan fingerprint density at radius 3 is 2.52 bits per heavy atom. The maximum absolute atomic E-state index is 11.6. The Balaban J connectivity index is 1.84. The molecule has 0 radical (unpaired) electrons. The SMILES string of the molecule is O=C(COC(=O)c1ccc[nH]1)Nc1ccc([N+](=O)[O-])cc1. The summed E-state index contributed by atoms with van der Waals surface area (Å²) in [5.74, 6) is -1.18. The minimum absolute atomic E-state index is 0.0776. The molecule has 2 rings (SSSR count). The topological polar surface area (TPSA) is 114 Å². The summed E-state index contributed by atoms with van der Waals surface area (Å²) in [6.45, 7) is -0.450. The van der Waals surface area contributed by atoms with Crippen LogP contribution < -0.4 is 5.32 Å². The fourth-order valence-corrected chi connectivity index (χ4v) is 1.53. The van der Waals surface area contributed by atoms with Crippen LogP contribution in [0.25, 0.3) is 0 Å². The zero-order valence-corrected chi connectivity index (χ0v) is 10.7. The average Bonchev–Trinajstić information content (AvgIpc) is 2.99. The first-order valence-electron chi connectivity index (χ1n) is 5.91. The molecule has 108 valence electrons. The van der Waals surface area contributed by atoms with Gasteiger partial charge in [-0.3, -0.25) is 14.9 Å². The van der Waals surface area contributed by atoms with Gasteiger partial charge in [0.05, 0.1) is 4.92 Å². The van der Waals surface area contributed by atoms with Crippen LogP contribution in [0, 0.1) is 10.1 Å². The number of anilines is 1. The van der Waals surface area contributed by atoms with Gasteiger partial charge in [0.2, 0.25) is 0 Å². The minimum atomic E-state index is -0.640. The number of nitrogens with zero attached hydrogens (tertiary/aromatic N) is 1. The molecule has 21 heavy (non-hydrogen) atoms. The molecule has 8 heteroatoms. The van der Waals surface area contributed by atoms with E-state index < -0.39 is 23.4 Å². The summed E-state index contributed by atoms with van der Waals surface area (Å²) in [5, 5.41) is 12.9. The van der Waals surface area contributed by atoms with Crippen LogP contribution in [-0.2, 0) is 9.53 Å². The Hall–Kier alpha value is -3.16. The quantitative estimate of drug-likeness (QED) is 0.494. The number of hydrogen-bond donors (Lipinski definition) is 2. The lowest BCUT2D eigenvalue weighted by molar-refractivity contribution is -0.384. The van der Waals surface area contributed by atoms with Crippen molar-refractivity contribution in [3.05, 3.63) is 58.4 Å². The number of amides is 1. The molecule has 0 aliphatic heterocycles. The molecule has 0 bridgehead atoms. The molecule has 1 amide bonds.